The van der Waals surface area contributed by atoms with Crippen LogP contribution in [0.5, 0.6) is 0 Å². The Morgan fingerprint density at radius 3 is 2.72 bits per heavy atom. The molecule has 1 saturated heterocycles. The van der Waals surface area contributed by atoms with Gasteiger partial charge in [-0.1, -0.05) is 12.8 Å². The van der Waals surface area contributed by atoms with Gasteiger partial charge in [-0.15, -0.1) is 24.0 Å². The molecule has 3 rings (SSSR count). The average Bonchev–Trinajstić information content (AvgIpc) is 3.28. The average molecular weight is 476 g/mol. The highest BCUT2D eigenvalue weighted by Crippen LogP contribution is 2.33. The van der Waals surface area contributed by atoms with Crippen molar-refractivity contribution in [1.29, 1.82) is 0 Å². The van der Waals surface area contributed by atoms with Crippen molar-refractivity contribution >= 4 is 41.3 Å². The van der Waals surface area contributed by atoms with Crippen molar-refractivity contribution in [3.8, 4) is 0 Å². The molecule has 0 unspecified atom stereocenters. The molecule has 6 heteroatoms. The predicted molar refractivity (Wildman–Crippen MR) is 119 cm³/mol. The lowest BCUT2D eigenvalue weighted by molar-refractivity contribution is 0.198. The van der Waals surface area contributed by atoms with Gasteiger partial charge in [0.2, 0.25) is 0 Å². The monoisotopic (exact) mass is 476 g/mol. The summed E-state index contributed by atoms with van der Waals surface area (Å²) in [6, 6.07) is 2.80. The number of halogens is 1. The second-order valence-corrected chi connectivity index (χ2v) is 7.95. The van der Waals surface area contributed by atoms with E-state index in [0.717, 1.165) is 31.5 Å². The van der Waals surface area contributed by atoms with Gasteiger partial charge in [-0.05, 0) is 60.9 Å². The summed E-state index contributed by atoms with van der Waals surface area (Å²) in [7, 11) is 0. The Morgan fingerprint density at radius 2 is 2.08 bits per heavy atom. The first-order chi connectivity index (χ1) is 11.8. The molecule has 0 bridgehead atoms. The Hall–Kier alpha value is -0.340. The molecular formula is C19H33IN4S. The third-order valence-electron chi connectivity index (χ3n) is 5.00. The minimum atomic E-state index is 0. The molecule has 142 valence electrons. The summed E-state index contributed by atoms with van der Waals surface area (Å²) in [6.07, 6.45) is 7.91. The number of rotatable bonds is 8. The molecule has 1 aliphatic carbocycles. The first-order valence-corrected chi connectivity index (χ1v) is 10.6. The van der Waals surface area contributed by atoms with Crippen LogP contribution in [0.15, 0.2) is 21.8 Å². The van der Waals surface area contributed by atoms with Crippen LogP contribution in [0.25, 0.3) is 0 Å². The Morgan fingerprint density at radius 1 is 1.28 bits per heavy atom. The topological polar surface area (TPSA) is 39.7 Å². The van der Waals surface area contributed by atoms with Gasteiger partial charge in [-0.2, -0.15) is 11.3 Å². The molecule has 2 fully saturated rings. The lowest BCUT2D eigenvalue weighted by Crippen LogP contribution is -2.48. The zero-order valence-corrected chi connectivity index (χ0v) is 18.5. The van der Waals surface area contributed by atoms with Gasteiger partial charge in [0.15, 0.2) is 5.96 Å². The van der Waals surface area contributed by atoms with Gasteiger partial charge in [-0.3, -0.25) is 9.89 Å². The Balaban J connectivity index is 0.00000225. The number of guanidine groups is 1. The van der Waals surface area contributed by atoms with E-state index >= 15 is 0 Å². The molecule has 1 aromatic heterocycles. The van der Waals surface area contributed by atoms with Crippen LogP contribution < -0.4 is 10.6 Å². The molecule has 2 heterocycles. The summed E-state index contributed by atoms with van der Waals surface area (Å²) < 4.78 is 0. The van der Waals surface area contributed by atoms with Gasteiger partial charge < -0.3 is 10.6 Å². The maximum atomic E-state index is 4.77. The van der Waals surface area contributed by atoms with Crippen LogP contribution in [0.4, 0.5) is 0 Å². The minimum Gasteiger partial charge on any atom is -0.357 e. The smallest absolute Gasteiger partial charge is 0.191 e. The molecular weight excluding hydrogens is 443 g/mol. The van der Waals surface area contributed by atoms with Crippen molar-refractivity contribution in [1.82, 2.24) is 15.5 Å². The first kappa shape index (κ1) is 21.0. The Bertz CT molecular complexity index is 494. The number of hydrogen-bond donors (Lipinski definition) is 2. The van der Waals surface area contributed by atoms with Crippen LogP contribution >= 0.6 is 35.3 Å². The van der Waals surface area contributed by atoms with Crippen molar-refractivity contribution in [2.45, 2.75) is 58.0 Å². The summed E-state index contributed by atoms with van der Waals surface area (Å²) >= 11 is 1.79. The second kappa shape index (κ2) is 11.4. The molecule has 25 heavy (non-hydrogen) atoms. The number of piperidine rings is 1. The van der Waals surface area contributed by atoms with E-state index < -0.39 is 0 Å². The van der Waals surface area contributed by atoms with E-state index in [1.54, 1.807) is 11.3 Å². The summed E-state index contributed by atoms with van der Waals surface area (Å²) in [5.74, 6) is 2.04. The Kier molecular flexibility index (Phi) is 9.55. The fourth-order valence-corrected chi connectivity index (χ4v) is 4.03. The summed E-state index contributed by atoms with van der Waals surface area (Å²) in [5.41, 5.74) is 1.46. The van der Waals surface area contributed by atoms with Gasteiger partial charge >= 0.3 is 0 Å². The molecule has 4 nitrogen and oxygen atoms in total. The summed E-state index contributed by atoms with van der Waals surface area (Å²) in [6.45, 7) is 7.49. The number of hydrogen-bond acceptors (Lipinski definition) is 3. The van der Waals surface area contributed by atoms with E-state index in [2.05, 4.69) is 39.3 Å². The molecule has 0 atom stereocenters. The van der Waals surface area contributed by atoms with Crippen LogP contribution in [0.3, 0.4) is 0 Å². The van der Waals surface area contributed by atoms with Crippen LogP contribution in [-0.4, -0.2) is 43.1 Å². The zero-order valence-electron chi connectivity index (χ0n) is 15.4. The first-order valence-electron chi connectivity index (χ1n) is 9.61. The fourth-order valence-electron chi connectivity index (χ4n) is 3.37. The molecule has 0 amide bonds. The summed E-state index contributed by atoms with van der Waals surface area (Å²) in [5, 5.41) is 11.5. The molecule has 1 saturated carbocycles. The van der Waals surface area contributed by atoms with Crippen LogP contribution in [0, 0.1) is 5.92 Å². The third-order valence-corrected chi connectivity index (χ3v) is 5.73. The molecule has 2 aliphatic rings. The predicted octanol–water partition coefficient (Wildman–Crippen LogP) is 4.08. The Labute approximate surface area is 173 Å². The van der Waals surface area contributed by atoms with Crippen molar-refractivity contribution in [3.05, 3.63) is 22.4 Å². The van der Waals surface area contributed by atoms with Gasteiger partial charge in [0.05, 0.1) is 0 Å². The van der Waals surface area contributed by atoms with Crippen molar-refractivity contribution in [2.75, 3.05) is 26.2 Å². The van der Waals surface area contributed by atoms with E-state index in [0.29, 0.717) is 6.04 Å². The van der Waals surface area contributed by atoms with Crippen molar-refractivity contribution < 1.29 is 0 Å². The number of aliphatic imine (C=N–C) groups is 1. The molecule has 0 spiro atoms. The van der Waals surface area contributed by atoms with E-state index in [4.69, 9.17) is 4.99 Å². The van der Waals surface area contributed by atoms with Gasteiger partial charge in [0, 0.05) is 38.8 Å². The van der Waals surface area contributed by atoms with Crippen molar-refractivity contribution in [3.63, 3.8) is 0 Å². The molecule has 0 radical (unpaired) electrons. The lowest BCUT2D eigenvalue weighted by atomic mass is 10.0. The maximum absolute atomic E-state index is 4.77. The quantitative estimate of drug-likeness (QED) is 0.257. The van der Waals surface area contributed by atoms with Gasteiger partial charge in [0.25, 0.3) is 0 Å². The summed E-state index contributed by atoms with van der Waals surface area (Å²) in [4.78, 5) is 7.34. The second-order valence-electron chi connectivity index (χ2n) is 7.17. The maximum Gasteiger partial charge on any atom is 0.191 e. The zero-order chi connectivity index (χ0) is 16.6. The molecule has 1 aliphatic heterocycles. The number of thiophene rings is 1. The molecule has 2 N–H and O–H groups in total. The highest BCUT2D eigenvalue weighted by Gasteiger charge is 2.21. The highest BCUT2D eigenvalue weighted by molar-refractivity contribution is 14.0. The SMILES string of the molecule is CCNC(=NCCCC1CC1)NC1CCN(Cc2ccsc2)CC1.I. The minimum absolute atomic E-state index is 0. The number of nitrogens with one attached hydrogen (secondary N) is 2. The molecule has 0 aromatic carbocycles. The number of nitrogens with zero attached hydrogens (tertiary/aromatic N) is 2. The lowest BCUT2D eigenvalue weighted by Gasteiger charge is -2.33. The van der Waals surface area contributed by atoms with Gasteiger partial charge in [0.1, 0.15) is 0 Å². The normalized spacial score (nSPS) is 19.5. The van der Waals surface area contributed by atoms with Crippen LogP contribution in [0.2, 0.25) is 0 Å². The molecule has 1 aromatic rings. The van der Waals surface area contributed by atoms with E-state index in [1.807, 2.05) is 0 Å². The number of likely N-dealkylation sites (tertiary alicyclic amines) is 1. The van der Waals surface area contributed by atoms with E-state index in [9.17, 15) is 0 Å². The van der Waals surface area contributed by atoms with E-state index in [1.165, 1.54) is 57.2 Å². The van der Waals surface area contributed by atoms with Crippen LogP contribution in [-0.2, 0) is 6.54 Å². The highest BCUT2D eigenvalue weighted by atomic mass is 127. The third kappa shape index (κ3) is 7.83. The van der Waals surface area contributed by atoms with Crippen LogP contribution in [0.1, 0.15) is 51.0 Å². The van der Waals surface area contributed by atoms with Crippen molar-refractivity contribution in [2.24, 2.45) is 10.9 Å². The van der Waals surface area contributed by atoms with Gasteiger partial charge in [-0.25, -0.2) is 0 Å². The fraction of sp³-hybridized carbons (Fsp3) is 0.737. The van der Waals surface area contributed by atoms with E-state index in [-0.39, 0.29) is 24.0 Å². The standard InChI is InChI=1S/C19H32N4S.HI/c1-2-20-19(21-10-3-4-16-5-6-16)22-18-7-11-23(12-8-18)14-17-9-13-24-15-17;/h9,13,15-16,18H,2-8,10-12,14H2,1H3,(H2,20,21,22);1H. The largest absolute Gasteiger partial charge is 0.357 e.